The number of hydrogen-bond donors (Lipinski definition) is 3. The van der Waals surface area contributed by atoms with Gasteiger partial charge in [0.25, 0.3) is 0 Å². The Labute approximate surface area is 125 Å². The molecule has 0 aliphatic carbocycles. The molecule has 0 aliphatic rings. The first kappa shape index (κ1) is 13.6. The van der Waals surface area contributed by atoms with Gasteiger partial charge in [0.05, 0.1) is 5.52 Å². The average Bonchev–Trinajstić information content (AvgIpc) is 2.84. The molecular weight excluding hydrogens is 282 g/mol. The van der Waals surface area contributed by atoms with Crippen molar-refractivity contribution in [1.82, 2.24) is 9.71 Å². The Balaban J connectivity index is 2.19. The van der Waals surface area contributed by atoms with Gasteiger partial charge in [0.2, 0.25) is 5.69 Å². The first-order valence-electron chi connectivity index (χ1n) is 6.41. The van der Waals surface area contributed by atoms with Gasteiger partial charge in [-0.2, -0.15) is 9.47 Å². The summed E-state index contributed by atoms with van der Waals surface area (Å²) in [7, 11) is 0. The van der Waals surface area contributed by atoms with Crippen molar-refractivity contribution >= 4 is 29.3 Å². The number of aromatic nitrogens is 2. The van der Waals surface area contributed by atoms with E-state index >= 15 is 0 Å². The van der Waals surface area contributed by atoms with Crippen molar-refractivity contribution in [2.24, 2.45) is 5.73 Å². The van der Waals surface area contributed by atoms with Crippen molar-refractivity contribution in [1.29, 1.82) is 5.41 Å². The molecule has 0 radical (unpaired) electrons. The summed E-state index contributed by atoms with van der Waals surface area (Å²) >= 11 is 0. The van der Waals surface area contributed by atoms with Crippen molar-refractivity contribution in [2.75, 3.05) is 0 Å². The summed E-state index contributed by atoms with van der Waals surface area (Å²) in [5.74, 6) is 0.237. The van der Waals surface area contributed by atoms with Crippen molar-refractivity contribution in [3.8, 4) is 11.4 Å². The molecule has 110 valence electrons. The first-order valence-corrected chi connectivity index (χ1v) is 6.41. The van der Waals surface area contributed by atoms with E-state index in [1.54, 1.807) is 36.4 Å². The summed E-state index contributed by atoms with van der Waals surface area (Å²) in [6.45, 7) is 3.27. The summed E-state index contributed by atoms with van der Waals surface area (Å²) in [6, 6.07) is 11.6. The van der Waals surface area contributed by atoms with Gasteiger partial charge < -0.3 is 16.1 Å². The van der Waals surface area contributed by atoms with Crippen LogP contribution in [0.4, 0.5) is 5.69 Å². The summed E-state index contributed by atoms with van der Waals surface area (Å²) < 4.78 is 1.37. The third-order valence-electron chi connectivity index (χ3n) is 3.33. The number of amidine groups is 1. The second-order valence-corrected chi connectivity index (χ2v) is 4.79. The van der Waals surface area contributed by atoms with Gasteiger partial charge in [0.15, 0.2) is 5.82 Å². The number of fused-ring (bicyclic) bond motifs is 1. The molecule has 7 nitrogen and oxygen atoms in total. The predicted octanol–water partition coefficient (Wildman–Crippen LogP) is 2.07. The molecule has 1 aromatic heterocycles. The Hall–Kier alpha value is -3.35. The van der Waals surface area contributed by atoms with Gasteiger partial charge in [0.1, 0.15) is 18.1 Å². The number of imidazole rings is 1. The molecular formula is C15H13N5O2. The lowest BCUT2D eigenvalue weighted by Crippen LogP contribution is -2.10. The number of nitrogen functional groups attached to an aromatic ring is 1. The first-order chi connectivity index (χ1) is 10.5. The minimum absolute atomic E-state index is 0.0659. The Morgan fingerprint density at radius 2 is 2.09 bits per heavy atom. The molecule has 0 saturated carbocycles. The highest BCUT2D eigenvalue weighted by molar-refractivity contribution is 5.96. The second kappa shape index (κ2) is 4.88. The molecule has 0 fully saturated rings. The van der Waals surface area contributed by atoms with Crippen LogP contribution in [-0.4, -0.2) is 32.2 Å². The lowest BCUT2D eigenvalue weighted by atomic mass is 10.1. The minimum atomic E-state index is -0.0659. The van der Waals surface area contributed by atoms with E-state index in [4.69, 9.17) is 11.1 Å². The van der Waals surface area contributed by atoms with Gasteiger partial charge in [-0.15, -0.1) is 0 Å². The monoisotopic (exact) mass is 295 g/mol. The summed E-state index contributed by atoms with van der Waals surface area (Å²) in [5.41, 5.74) is 7.87. The molecule has 4 N–H and O–H groups in total. The van der Waals surface area contributed by atoms with Crippen LogP contribution in [0.3, 0.4) is 0 Å². The Kier molecular flexibility index (Phi) is 3.03. The largest absolute Gasteiger partial charge is 0.619 e. The molecule has 0 aliphatic heterocycles. The fourth-order valence-corrected chi connectivity index (χ4v) is 2.22. The average molecular weight is 295 g/mol. The van der Waals surface area contributed by atoms with Gasteiger partial charge in [-0.1, -0.05) is 18.2 Å². The Morgan fingerprint density at radius 1 is 1.32 bits per heavy atom. The molecule has 0 unspecified atom stereocenters. The number of nitrogens with one attached hydrogen (secondary N) is 1. The zero-order valence-electron chi connectivity index (χ0n) is 11.5. The third-order valence-corrected chi connectivity index (χ3v) is 3.33. The van der Waals surface area contributed by atoms with E-state index in [9.17, 15) is 10.4 Å². The van der Waals surface area contributed by atoms with Crippen LogP contribution in [0.2, 0.25) is 0 Å². The number of nitrogens with two attached hydrogens (primary N) is 1. The molecule has 3 rings (SSSR count). The van der Waals surface area contributed by atoms with E-state index in [-0.39, 0.29) is 5.84 Å². The van der Waals surface area contributed by atoms with Gasteiger partial charge in [-0.3, -0.25) is 5.41 Å². The summed E-state index contributed by atoms with van der Waals surface area (Å²) in [6.07, 6.45) is 0. The lowest BCUT2D eigenvalue weighted by Gasteiger charge is -2.04. The molecule has 3 aromatic rings. The van der Waals surface area contributed by atoms with Crippen molar-refractivity contribution < 1.29 is 9.95 Å². The minimum Gasteiger partial charge on any atom is -0.619 e. The topological polar surface area (TPSA) is 114 Å². The molecule has 1 heterocycles. The molecule has 0 bridgehead atoms. The predicted molar refractivity (Wildman–Crippen MR) is 83.8 cm³/mol. The molecule has 0 saturated heterocycles. The standard InChI is InChI=1S/C15H13N5O2/c1-19(21)11-5-6-12-13(8-11)20(22)15(18-12)10-4-2-3-9(7-10)14(16)17/h2-8,22H,1H2,(H3,16,17). The molecule has 22 heavy (non-hydrogen) atoms. The van der Waals surface area contributed by atoms with Crippen molar-refractivity contribution in [3.05, 3.63) is 53.2 Å². The quantitative estimate of drug-likeness (QED) is 0.171. The third kappa shape index (κ3) is 2.14. The van der Waals surface area contributed by atoms with E-state index in [0.717, 1.165) is 4.73 Å². The number of nitrogens with zero attached hydrogens (tertiary/aromatic N) is 3. The van der Waals surface area contributed by atoms with Crippen LogP contribution >= 0.6 is 0 Å². The van der Waals surface area contributed by atoms with Crippen LogP contribution in [0.5, 0.6) is 0 Å². The van der Waals surface area contributed by atoms with Crippen molar-refractivity contribution in [2.45, 2.75) is 0 Å². The smallest absolute Gasteiger partial charge is 0.218 e. The van der Waals surface area contributed by atoms with E-state index in [1.165, 1.54) is 6.07 Å². The van der Waals surface area contributed by atoms with E-state index in [1.807, 2.05) is 0 Å². The van der Waals surface area contributed by atoms with Crippen LogP contribution in [0, 0.1) is 10.6 Å². The van der Waals surface area contributed by atoms with Gasteiger partial charge in [-0.05, 0) is 12.1 Å². The maximum atomic E-state index is 11.3. The zero-order chi connectivity index (χ0) is 15.9. The molecule has 0 atom stereocenters. The number of benzene rings is 2. The van der Waals surface area contributed by atoms with Crippen LogP contribution in [-0.2, 0) is 0 Å². The SMILES string of the molecule is C=[N+]([O-])c1ccc2nc(-c3cccc(C(=N)N)c3)n(O)c2c1. The maximum Gasteiger partial charge on any atom is 0.218 e. The van der Waals surface area contributed by atoms with Crippen LogP contribution in [0.15, 0.2) is 42.5 Å². The maximum absolute atomic E-state index is 11.3. The molecule has 7 heteroatoms. The summed E-state index contributed by atoms with van der Waals surface area (Å²) in [4.78, 5) is 4.34. The molecule has 0 amide bonds. The summed E-state index contributed by atoms with van der Waals surface area (Å²) in [5, 5.41) is 29.0. The van der Waals surface area contributed by atoms with Gasteiger partial charge >= 0.3 is 0 Å². The van der Waals surface area contributed by atoms with E-state index in [2.05, 4.69) is 11.7 Å². The highest BCUT2D eigenvalue weighted by Gasteiger charge is 2.14. The van der Waals surface area contributed by atoms with Gasteiger partial charge in [-0.25, -0.2) is 4.98 Å². The normalized spacial score (nSPS) is 10.7. The molecule has 2 aromatic carbocycles. The molecule has 0 spiro atoms. The Bertz CT molecular complexity index is 913. The fourth-order valence-electron chi connectivity index (χ4n) is 2.22. The van der Waals surface area contributed by atoms with E-state index in [0.29, 0.717) is 38.4 Å². The van der Waals surface area contributed by atoms with Crippen molar-refractivity contribution in [3.63, 3.8) is 0 Å². The van der Waals surface area contributed by atoms with Crippen LogP contribution in [0.1, 0.15) is 5.56 Å². The lowest BCUT2D eigenvalue weighted by molar-refractivity contribution is -0.349. The number of hydrogen-bond acceptors (Lipinski definition) is 4. The Morgan fingerprint density at radius 3 is 2.77 bits per heavy atom. The van der Waals surface area contributed by atoms with E-state index < -0.39 is 0 Å². The van der Waals surface area contributed by atoms with Crippen LogP contribution < -0.4 is 5.73 Å². The van der Waals surface area contributed by atoms with Gasteiger partial charge in [0, 0.05) is 23.3 Å². The zero-order valence-corrected chi connectivity index (χ0v) is 11.5. The fraction of sp³-hybridized carbons (Fsp3) is 0. The van der Waals surface area contributed by atoms with Crippen LogP contribution in [0.25, 0.3) is 22.4 Å². The highest BCUT2D eigenvalue weighted by atomic mass is 16.5. The number of rotatable bonds is 3. The highest BCUT2D eigenvalue weighted by Crippen LogP contribution is 2.26. The second-order valence-electron chi connectivity index (χ2n) is 4.79.